The van der Waals surface area contributed by atoms with E-state index < -0.39 is 0 Å². The summed E-state index contributed by atoms with van der Waals surface area (Å²) in [6, 6.07) is 7.98. The molecule has 0 aliphatic carbocycles. The predicted molar refractivity (Wildman–Crippen MR) is 72.8 cm³/mol. The molecule has 3 heterocycles. The van der Waals surface area contributed by atoms with Crippen LogP contribution in [-0.4, -0.2) is 18.1 Å². The van der Waals surface area contributed by atoms with Crippen molar-refractivity contribution in [3.63, 3.8) is 0 Å². The van der Waals surface area contributed by atoms with Crippen LogP contribution in [-0.2, 0) is 0 Å². The first kappa shape index (κ1) is 11.8. The molecule has 0 unspecified atom stereocenters. The van der Waals surface area contributed by atoms with E-state index in [-0.39, 0.29) is 0 Å². The lowest BCUT2D eigenvalue weighted by atomic mass is 10.1. The van der Waals surface area contributed by atoms with E-state index in [1.54, 1.807) is 6.26 Å². The minimum atomic E-state index is 0.678. The van der Waals surface area contributed by atoms with E-state index in [0.717, 1.165) is 35.9 Å². The fraction of sp³-hybridized carbons (Fsp3) is 0.333. The number of aromatic nitrogens is 1. The van der Waals surface area contributed by atoms with Crippen LogP contribution in [0.5, 0.6) is 0 Å². The highest BCUT2D eigenvalue weighted by Crippen LogP contribution is 2.30. The Balaban J connectivity index is 2.12. The van der Waals surface area contributed by atoms with Gasteiger partial charge in [-0.2, -0.15) is 5.26 Å². The topological polar surface area (TPSA) is 53.1 Å². The van der Waals surface area contributed by atoms with Crippen LogP contribution in [0, 0.1) is 18.3 Å². The number of rotatable bonds is 2. The van der Waals surface area contributed by atoms with Crippen LogP contribution in [0.3, 0.4) is 0 Å². The third-order valence-corrected chi connectivity index (χ3v) is 3.51. The second-order valence-electron chi connectivity index (χ2n) is 4.77. The number of nitriles is 1. The number of anilines is 1. The normalized spacial score (nSPS) is 14.6. The zero-order valence-electron chi connectivity index (χ0n) is 10.9. The molecule has 0 amide bonds. The molecular formula is C15H15N3O. The third kappa shape index (κ3) is 2.08. The molecule has 96 valence electrons. The maximum Gasteiger partial charge on any atom is 0.152 e. The SMILES string of the molecule is Cc1nc(-c2ccco2)cc(N2CCCC2)c1C#N. The van der Waals surface area contributed by atoms with Gasteiger partial charge >= 0.3 is 0 Å². The second kappa shape index (κ2) is 4.77. The smallest absolute Gasteiger partial charge is 0.152 e. The minimum Gasteiger partial charge on any atom is -0.463 e. The molecular weight excluding hydrogens is 238 g/mol. The van der Waals surface area contributed by atoms with Crippen LogP contribution < -0.4 is 4.90 Å². The largest absolute Gasteiger partial charge is 0.463 e. The van der Waals surface area contributed by atoms with Gasteiger partial charge in [0.05, 0.1) is 23.2 Å². The molecule has 0 N–H and O–H groups in total. The Morgan fingerprint density at radius 3 is 2.79 bits per heavy atom. The van der Waals surface area contributed by atoms with Gasteiger partial charge in [0.1, 0.15) is 11.8 Å². The number of pyridine rings is 1. The molecule has 1 fully saturated rings. The Morgan fingerprint density at radius 1 is 1.37 bits per heavy atom. The van der Waals surface area contributed by atoms with E-state index in [1.165, 1.54) is 12.8 Å². The van der Waals surface area contributed by atoms with E-state index in [0.29, 0.717) is 5.56 Å². The highest BCUT2D eigenvalue weighted by molar-refractivity contribution is 5.68. The summed E-state index contributed by atoms with van der Waals surface area (Å²) < 4.78 is 5.40. The van der Waals surface area contributed by atoms with Gasteiger partial charge in [0.15, 0.2) is 5.76 Å². The monoisotopic (exact) mass is 253 g/mol. The first-order chi connectivity index (χ1) is 9.29. The molecule has 0 bridgehead atoms. The van der Waals surface area contributed by atoms with Crippen molar-refractivity contribution in [2.75, 3.05) is 18.0 Å². The van der Waals surface area contributed by atoms with Crippen molar-refractivity contribution in [3.8, 4) is 17.5 Å². The summed E-state index contributed by atoms with van der Waals surface area (Å²) in [5, 5.41) is 9.34. The molecule has 0 spiro atoms. The molecule has 4 nitrogen and oxygen atoms in total. The summed E-state index contributed by atoms with van der Waals surface area (Å²) in [6.45, 7) is 3.90. The van der Waals surface area contributed by atoms with Gasteiger partial charge in [-0.25, -0.2) is 4.98 Å². The van der Waals surface area contributed by atoms with Gasteiger partial charge in [-0.3, -0.25) is 0 Å². The third-order valence-electron chi connectivity index (χ3n) is 3.51. The Kier molecular flexibility index (Phi) is 2.96. The quantitative estimate of drug-likeness (QED) is 0.825. The van der Waals surface area contributed by atoms with Gasteiger partial charge in [0.2, 0.25) is 0 Å². The molecule has 1 aliphatic rings. The lowest BCUT2D eigenvalue weighted by Gasteiger charge is -2.20. The van der Waals surface area contributed by atoms with Gasteiger partial charge in [0.25, 0.3) is 0 Å². The second-order valence-corrected chi connectivity index (χ2v) is 4.77. The lowest BCUT2D eigenvalue weighted by molar-refractivity contribution is 0.580. The average Bonchev–Trinajstić information content (AvgIpc) is 3.11. The zero-order chi connectivity index (χ0) is 13.2. The highest BCUT2D eigenvalue weighted by atomic mass is 16.3. The van der Waals surface area contributed by atoms with Crippen molar-refractivity contribution >= 4 is 5.69 Å². The summed E-state index contributed by atoms with van der Waals surface area (Å²) in [5.41, 5.74) is 3.22. The molecule has 1 saturated heterocycles. The van der Waals surface area contributed by atoms with E-state index in [9.17, 15) is 5.26 Å². The van der Waals surface area contributed by atoms with Crippen molar-refractivity contribution in [1.82, 2.24) is 4.98 Å². The summed E-state index contributed by atoms with van der Waals surface area (Å²) in [4.78, 5) is 6.74. The standard InChI is InChI=1S/C15H15N3O/c1-11-12(10-16)14(18-6-2-3-7-18)9-13(17-11)15-5-4-8-19-15/h4-5,8-9H,2-3,6-7H2,1H3. The number of hydrogen-bond acceptors (Lipinski definition) is 4. The molecule has 0 atom stereocenters. The summed E-state index contributed by atoms with van der Waals surface area (Å²) in [5.74, 6) is 0.744. The summed E-state index contributed by atoms with van der Waals surface area (Å²) in [6.07, 6.45) is 4.00. The first-order valence-electron chi connectivity index (χ1n) is 6.50. The average molecular weight is 253 g/mol. The number of aryl methyl sites for hydroxylation is 1. The molecule has 0 saturated carbocycles. The molecule has 0 radical (unpaired) electrons. The Morgan fingerprint density at radius 2 is 2.16 bits per heavy atom. The van der Waals surface area contributed by atoms with Gasteiger partial charge < -0.3 is 9.32 Å². The van der Waals surface area contributed by atoms with Crippen LogP contribution in [0.15, 0.2) is 28.9 Å². The molecule has 1 aliphatic heterocycles. The van der Waals surface area contributed by atoms with E-state index >= 15 is 0 Å². The Hall–Kier alpha value is -2.28. The van der Waals surface area contributed by atoms with E-state index in [1.807, 2.05) is 25.1 Å². The number of nitrogens with zero attached hydrogens (tertiary/aromatic N) is 3. The summed E-state index contributed by atoms with van der Waals surface area (Å²) >= 11 is 0. The van der Waals surface area contributed by atoms with Gasteiger partial charge in [-0.1, -0.05) is 0 Å². The van der Waals surface area contributed by atoms with Gasteiger partial charge in [-0.15, -0.1) is 0 Å². The molecule has 2 aromatic heterocycles. The zero-order valence-corrected chi connectivity index (χ0v) is 10.9. The number of hydrogen-bond donors (Lipinski definition) is 0. The Bertz CT molecular complexity index is 620. The van der Waals surface area contributed by atoms with Crippen molar-refractivity contribution in [1.29, 1.82) is 5.26 Å². The highest BCUT2D eigenvalue weighted by Gasteiger charge is 2.19. The van der Waals surface area contributed by atoms with Crippen molar-refractivity contribution < 1.29 is 4.42 Å². The van der Waals surface area contributed by atoms with Crippen LogP contribution in [0.2, 0.25) is 0 Å². The Labute approximate surface area is 112 Å². The molecule has 0 aromatic carbocycles. The van der Waals surface area contributed by atoms with Crippen molar-refractivity contribution in [3.05, 3.63) is 35.7 Å². The number of furan rings is 1. The van der Waals surface area contributed by atoms with Crippen LogP contribution in [0.1, 0.15) is 24.1 Å². The molecule has 2 aromatic rings. The first-order valence-corrected chi connectivity index (χ1v) is 6.50. The fourth-order valence-corrected chi connectivity index (χ4v) is 2.55. The van der Waals surface area contributed by atoms with Gasteiger partial charge in [-0.05, 0) is 38.0 Å². The lowest BCUT2D eigenvalue weighted by Crippen LogP contribution is -2.19. The van der Waals surface area contributed by atoms with E-state index in [2.05, 4.69) is 16.0 Å². The van der Waals surface area contributed by atoms with E-state index in [4.69, 9.17) is 4.42 Å². The molecule has 4 heteroatoms. The minimum absolute atomic E-state index is 0.678. The summed E-state index contributed by atoms with van der Waals surface area (Å²) in [7, 11) is 0. The predicted octanol–water partition coefficient (Wildman–Crippen LogP) is 3.12. The fourth-order valence-electron chi connectivity index (χ4n) is 2.55. The van der Waals surface area contributed by atoms with Crippen molar-refractivity contribution in [2.24, 2.45) is 0 Å². The van der Waals surface area contributed by atoms with Crippen LogP contribution in [0.4, 0.5) is 5.69 Å². The van der Waals surface area contributed by atoms with Crippen LogP contribution >= 0.6 is 0 Å². The molecule has 3 rings (SSSR count). The van der Waals surface area contributed by atoms with Crippen LogP contribution in [0.25, 0.3) is 11.5 Å². The van der Waals surface area contributed by atoms with Crippen molar-refractivity contribution in [2.45, 2.75) is 19.8 Å². The maximum absolute atomic E-state index is 9.34. The maximum atomic E-state index is 9.34. The molecule has 19 heavy (non-hydrogen) atoms. The van der Waals surface area contributed by atoms with Gasteiger partial charge in [0, 0.05) is 13.1 Å².